The summed E-state index contributed by atoms with van der Waals surface area (Å²) >= 11 is 0. The first-order chi connectivity index (χ1) is 14.0. The van der Waals surface area contributed by atoms with Gasteiger partial charge in [-0.15, -0.1) is 0 Å². The van der Waals surface area contributed by atoms with Gasteiger partial charge in [0.15, 0.2) is 6.61 Å². The van der Waals surface area contributed by atoms with Crippen LogP contribution in [0.3, 0.4) is 0 Å². The van der Waals surface area contributed by atoms with Crippen LogP contribution in [0.25, 0.3) is 0 Å². The summed E-state index contributed by atoms with van der Waals surface area (Å²) in [5.41, 5.74) is -1.43. The van der Waals surface area contributed by atoms with E-state index in [0.29, 0.717) is 31.5 Å². The fraction of sp³-hybridized carbons (Fsp3) is 0.684. The Labute approximate surface area is 170 Å². The van der Waals surface area contributed by atoms with E-state index in [0.717, 1.165) is 0 Å². The first-order valence-electron chi connectivity index (χ1n) is 9.58. The zero-order valence-corrected chi connectivity index (χ0v) is 16.1. The van der Waals surface area contributed by atoms with Crippen LogP contribution in [0, 0.1) is 5.41 Å². The number of alkyl halides is 5. The molecule has 6 nitrogen and oxygen atoms in total. The normalized spacial score (nSPS) is 27.3. The molecule has 1 spiro atoms. The molecule has 1 saturated carbocycles. The van der Waals surface area contributed by atoms with Gasteiger partial charge in [-0.05, 0) is 38.2 Å². The summed E-state index contributed by atoms with van der Waals surface area (Å²) in [6.07, 6.45) is -3.89. The minimum atomic E-state index is -4.47. The van der Waals surface area contributed by atoms with Crippen LogP contribution >= 0.6 is 0 Å². The molecule has 1 aliphatic carbocycles. The van der Waals surface area contributed by atoms with Crippen molar-refractivity contribution in [3.8, 4) is 5.88 Å². The zero-order chi connectivity index (χ0) is 22.0. The quantitative estimate of drug-likeness (QED) is 0.662. The molecule has 1 aliphatic heterocycles. The number of halogens is 5. The van der Waals surface area contributed by atoms with Gasteiger partial charge in [0.05, 0.1) is 29.5 Å². The molecule has 0 atom stereocenters. The predicted molar refractivity (Wildman–Crippen MR) is 95.4 cm³/mol. The molecule has 1 aromatic heterocycles. The van der Waals surface area contributed by atoms with E-state index in [1.54, 1.807) is 0 Å². The van der Waals surface area contributed by atoms with E-state index >= 15 is 0 Å². The predicted octanol–water partition coefficient (Wildman–Crippen LogP) is 3.33. The van der Waals surface area contributed by atoms with E-state index in [1.807, 2.05) is 0 Å². The van der Waals surface area contributed by atoms with Crippen molar-refractivity contribution >= 4 is 11.6 Å². The number of pyridine rings is 1. The second kappa shape index (κ2) is 8.62. The highest BCUT2D eigenvalue weighted by molar-refractivity contribution is 5.99. The Balaban J connectivity index is 1.57. The van der Waals surface area contributed by atoms with Gasteiger partial charge in [0, 0.05) is 12.6 Å². The lowest BCUT2D eigenvalue weighted by molar-refractivity contribution is -0.154. The van der Waals surface area contributed by atoms with E-state index in [1.165, 1.54) is 23.2 Å². The molecule has 1 N–H and O–H groups in total. The maximum atomic E-state index is 13.0. The topological polar surface area (TPSA) is 71.9 Å². The number of aliphatic hydroxyl groups is 1. The van der Waals surface area contributed by atoms with Gasteiger partial charge in [0.25, 0.3) is 6.43 Å². The molecule has 168 valence electrons. The van der Waals surface area contributed by atoms with Crippen molar-refractivity contribution in [3.63, 3.8) is 0 Å². The SMILES string of the molecule is O=C1N(c2ccc(OCC(F)(F)F)nc2)CC[C@]12CC[C@](O)(COCC(F)F)CC2. The molecule has 0 bridgehead atoms. The van der Waals surface area contributed by atoms with E-state index < -0.39 is 36.8 Å². The number of anilines is 1. The van der Waals surface area contributed by atoms with Crippen molar-refractivity contribution in [1.82, 2.24) is 4.98 Å². The summed E-state index contributed by atoms with van der Waals surface area (Å²) in [5, 5.41) is 10.5. The third-order valence-corrected chi connectivity index (χ3v) is 5.68. The van der Waals surface area contributed by atoms with Crippen molar-refractivity contribution in [3.05, 3.63) is 18.3 Å². The molecule has 2 aliphatic rings. The van der Waals surface area contributed by atoms with Crippen LogP contribution in [-0.2, 0) is 9.53 Å². The van der Waals surface area contributed by atoms with Crippen LogP contribution < -0.4 is 9.64 Å². The molecule has 1 aromatic rings. The average molecular weight is 438 g/mol. The van der Waals surface area contributed by atoms with Gasteiger partial charge >= 0.3 is 6.18 Å². The van der Waals surface area contributed by atoms with Crippen molar-refractivity contribution in [2.45, 2.75) is 50.3 Å². The molecular formula is C19H23F5N2O4. The number of carbonyl (C=O) groups is 1. The smallest absolute Gasteiger partial charge is 0.422 e. The minimum Gasteiger partial charge on any atom is -0.468 e. The number of hydrogen-bond donors (Lipinski definition) is 1. The lowest BCUT2D eigenvalue weighted by Gasteiger charge is -2.40. The Hall–Kier alpha value is -2.01. The second-order valence-corrected chi connectivity index (χ2v) is 7.88. The summed E-state index contributed by atoms with van der Waals surface area (Å²) in [5.74, 6) is -0.326. The summed E-state index contributed by atoms with van der Waals surface area (Å²) in [6.45, 7) is -1.97. The lowest BCUT2D eigenvalue weighted by Crippen LogP contribution is -2.46. The van der Waals surface area contributed by atoms with E-state index in [9.17, 15) is 31.9 Å². The fourth-order valence-electron chi connectivity index (χ4n) is 3.98. The molecule has 30 heavy (non-hydrogen) atoms. The van der Waals surface area contributed by atoms with Crippen LogP contribution in [0.15, 0.2) is 18.3 Å². The van der Waals surface area contributed by atoms with E-state index in [4.69, 9.17) is 4.74 Å². The second-order valence-electron chi connectivity index (χ2n) is 7.88. The van der Waals surface area contributed by atoms with Crippen molar-refractivity contribution in [2.24, 2.45) is 5.41 Å². The number of hydrogen-bond acceptors (Lipinski definition) is 5. The zero-order valence-electron chi connectivity index (χ0n) is 16.1. The van der Waals surface area contributed by atoms with Gasteiger partial charge in [-0.3, -0.25) is 4.79 Å². The summed E-state index contributed by atoms with van der Waals surface area (Å²) in [7, 11) is 0. The number of nitrogens with zero attached hydrogens (tertiary/aromatic N) is 2. The van der Waals surface area contributed by atoms with Crippen LogP contribution in [0.4, 0.5) is 27.6 Å². The number of aromatic nitrogens is 1. The first-order valence-corrected chi connectivity index (χ1v) is 9.58. The Kier molecular flexibility index (Phi) is 6.51. The third kappa shape index (κ3) is 5.37. The summed E-state index contributed by atoms with van der Waals surface area (Å²) < 4.78 is 70.5. The average Bonchev–Trinajstić information content (AvgIpc) is 2.99. The van der Waals surface area contributed by atoms with Crippen molar-refractivity contribution in [2.75, 3.05) is 31.3 Å². The van der Waals surface area contributed by atoms with Crippen LogP contribution in [0.2, 0.25) is 0 Å². The monoisotopic (exact) mass is 438 g/mol. The molecule has 0 radical (unpaired) electrons. The highest BCUT2D eigenvalue weighted by Gasteiger charge is 2.51. The maximum Gasteiger partial charge on any atom is 0.422 e. The van der Waals surface area contributed by atoms with Gasteiger partial charge in [-0.2, -0.15) is 13.2 Å². The molecule has 1 amide bonds. The highest BCUT2D eigenvalue weighted by atomic mass is 19.4. The first kappa shape index (κ1) is 22.7. The molecule has 2 fully saturated rings. The molecule has 2 heterocycles. The van der Waals surface area contributed by atoms with Gasteiger partial charge in [0.2, 0.25) is 11.8 Å². The Morgan fingerprint density at radius 2 is 1.87 bits per heavy atom. The van der Waals surface area contributed by atoms with E-state index in [-0.39, 0.29) is 31.2 Å². The van der Waals surface area contributed by atoms with Gasteiger partial charge in [-0.1, -0.05) is 0 Å². The van der Waals surface area contributed by atoms with Crippen molar-refractivity contribution < 1.29 is 41.3 Å². The summed E-state index contributed by atoms with van der Waals surface area (Å²) in [6, 6.07) is 2.76. The van der Waals surface area contributed by atoms with Crippen LogP contribution in [-0.4, -0.2) is 60.6 Å². The standard InChI is InChI=1S/C19H23F5N2O4/c20-14(21)10-29-11-18(28)5-3-17(4-6-18)7-8-26(16(17)27)13-1-2-15(25-9-13)30-12-19(22,23)24/h1-2,9,14,28H,3-8,10-12H2/t17-,18-. The maximum absolute atomic E-state index is 13.0. The number of rotatable bonds is 7. The van der Waals surface area contributed by atoms with Crippen LogP contribution in [0.5, 0.6) is 5.88 Å². The molecule has 0 unspecified atom stereocenters. The Bertz CT molecular complexity index is 733. The van der Waals surface area contributed by atoms with Crippen molar-refractivity contribution in [1.29, 1.82) is 0 Å². The van der Waals surface area contributed by atoms with Gasteiger partial charge in [-0.25, -0.2) is 13.8 Å². The number of ether oxygens (including phenoxy) is 2. The molecule has 1 saturated heterocycles. The number of carbonyl (C=O) groups excluding carboxylic acids is 1. The summed E-state index contributed by atoms with van der Waals surface area (Å²) in [4.78, 5) is 18.4. The fourth-order valence-corrected chi connectivity index (χ4v) is 3.98. The van der Waals surface area contributed by atoms with Gasteiger partial charge in [0.1, 0.15) is 6.61 Å². The number of amides is 1. The third-order valence-electron chi connectivity index (χ3n) is 5.68. The molecule has 11 heteroatoms. The Morgan fingerprint density at radius 1 is 1.17 bits per heavy atom. The van der Waals surface area contributed by atoms with Gasteiger partial charge < -0.3 is 19.5 Å². The molecular weight excluding hydrogens is 415 g/mol. The minimum absolute atomic E-state index is 0.135. The highest BCUT2D eigenvalue weighted by Crippen LogP contribution is 2.48. The molecule has 0 aromatic carbocycles. The Morgan fingerprint density at radius 3 is 2.43 bits per heavy atom. The molecule has 3 rings (SSSR count). The van der Waals surface area contributed by atoms with Crippen LogP contribution in [0.1, 0.15) is 32.1 Å². The van der Waals surface area contributed by atoms with E-state index in [2.05, 4.69) is 9.72 Å². The lowest BCUT2D eigenvalue weighted by atomic mass is 9.68. The largest absolute Gasteiger partial charge is 0.468 e.